The Bertz CT molecular complexity index is 1440. The lowest BCUT2D eigenvalue weighted by Crippen LogP contribution is -2.50. The van der Waals surface area contributed by atoms with Crippen LogP contribution in [0.1, 0.15) is 20.7 Å². The Morgan fingerprint density at radius 2 is 1.54 bits per heavy atom. The number of ketones is 1. The number of aromatic nitrogens is 2. The maximum atomic E-state index is 13.0. The monoisotopic (exact) mass is 519 g/mol. The molecule has 1 aliphatic rings. The number of piperazine rings is 1. The topological polar surface area (TPSA) is 129 Å². The highest BCUT2D eigenvalue weighted by molar-refractivity contribution is 8.09. The van der Waals surface area contributed by atoms with Crippen LogP contribution < -0.4 is 3.71 Å². The summed E-state index contributed by atoms with van der Waals surface area (Å²) >= 11 is 0. The SMILES string of the molecule is CS(=O)(=O)N(c1ccc(C(=O)CN2CCN(C(=O)c3cccn4ccnc34)CC2)cc1)S(C)(=O)=O. The third-order valence-corrected chi connectivity index (χ3v) is 8.93. The van der Waals surface area contributed by atoms with Crippen LogP contribution in [0.25, 0.3) is 5.65 Å². The van der Waals surface area contributed by atoms with Gasteiger partial charge in [-0.25, -0.2) is 21.8 Å². The van der Waals surface area contributed by atoms with Crippen molar-refractivity contribution in [2.75, 3.05) is 48.9 Å². The molecule has 0 atom stereocenters. The van der Waals surface area contributed by atoms with Crippen molar-refractivity contribution in [3.63, 3.8) is 0 Å². The van der Waals surface area contributed by atoms with Gasteiger partial charge in [0.1, 0.15) is 5.65 Å². The first kappa shape index (κ1) is 24.8. The Hall–Kier alpha value is -3.29. The fourth-order valence-corrected chi connectivity index (χ4v) is 7.06. The zero-order valence-electron chi connectivity index (χ0n) is 19.2. The number of benzene rings is 1. The third kappa shape index (κ3) is 5.36. The van der Waals surface area contributed by atoms with Crippen LogP contribution in [0.15, 0.2) is 55.0 Å². The average Bonchev–Trinajstić information content (AvgIpc) is 3.27. The molecule has 1 saturated heterocycles. The maximum Gasteiger partial charge on any atom is 0.257 e. The van der Waals surface area contributed by atoms with Crippen molar-refractivity contribution in [1.82, 2.24) is 19.2 Å². The molecule has 35 heavy (non-hydrogen) atoms. The molecule has 3 heterocycles. The van der Waals surface area contributed by atoms with Crippen LogP contribution in [0.4, 0.5) is 5.69 Å². The maximum absolute atomic E-state index is 13.0. The first-order chi connectivity index (χ1) is 16.4. The highest BCUT2D eigenvalue weighted by Crippen LogP contribution is 2.22. The zero-order valence-corrected chi connectivity index (χ0v) is 20.9. The molecule has 1 amide bonds. The fourth-order valence-electron chi connectivity index (χ4n) is 4.09. The number of hydrogen-bond donors (Lipinski definition) is 0. The van der Waals surface area contributed by atoms with E-state index < -0.39 is 20.0 Å². The molecular weight excluding hydrogens is 494 g/mol. The Labute approximate surface area is 203 Å². The van der Waals surface area contributed by atoms with Crippen molar-refractivity contribution in [3.8, 4) is 0 Å². The molecule has 0 aliphatic carbocycles. The molecule has 0 spiro atoms. The summed E-state index contributed by atoms with van der Waals surface area (Å²) in [5.41, 5.74) is 1.40. The van der Waals surface area contributed by atoms with Gasteiger partial charge in [0.2, 0.25) is 20.0 Å². The van der Waals surface area contributed by atoms with E-state index >= 15 is 0 Å². The van der Waals surface area contributed by atoms with Gasteiger partial charge in [0.05, 0.1) is 30.3 Å². The van der Waals surface area contributed by atoms with E-state index in [0.717, 1.165) is 12.5 Å². The van der Waals surface area contributed by atoms with Crippen LogP contribution >= 0.6 is 0 Å². The van der Waals surface area contributed by atoms with Gasteiger partial charge in [-0.1, -0.05) is 0 Å². The summed E-state index contributed by atoms with van der Waals surface area (Å²) in [6, 6.07) is 8.95. The summed E-state index contributed by atoms with van der Waals surface area (Å²) in [5, 5.41) is 0. The standard InChI is InChI=1S/C22H25N5O6S2/c1-34(30,31)27(35(2,32)33)18-7-5-17(6-8-18)20(28)16-24-12-14-26(15-13-24)22(29)19-4-3-10-25-11-9-23-21(19)25/h3-11H,12-16H2,1-2H3. The number of nitrogens with zero attached hydrogens (tertiary/aromatic N) is 5. The van der Waals surface area contributed by atoms with Crippen LogP contribution in [0.2, 0.25) is 0 Å². The van der Waals surface area contributed by atoms with Gasteiger partial charge in [0.15, 0.2) is 5.78 Å². The number of Topliss-reactive ketones (excluding diaryl/α,β-unsaturated/α-hetero) is 1. The van der Waals surface area contributed by atoms with E-state index in [4.69, 9.17) is 0 Å². The van der Waals surface area contributed by atoms with Crippen molar-refractivity contribution in [2.24, 2.45) is 0 Å². The van der Waals surface area contributed by atoms with E-state index in [-0.39, 0.29) is 23.9 Å². The molecule has 0 radical (unpaired) electrons. The lowest BCUT2D eigenvalue weighted by molar-refractivity contribution is 0.0625. The number of amides is 1. The van der Waals surface area contributed by atoms with E-state index in [1.54, 1.807) is 33.8 Å². The number of hydrogen-bond acceptors (Lipinski definition) is 8. The molecule has 4 rings (SSSR count). The molecule has 11 nitrogen and oxygen atoms in total. The van der Waals surface area contributed by atoms with Gasteiger partial charge < -0.3 is 9.30 Å². The molecule has 2 aromatic heterocycles. The second-order valence-corrected chi connectivity index (χ2v) is 12.2. The van der Waals surface area contributed by atoms with Crippen molar-refractivity contribution in [2.45, 2.75) is 0 Å². The summed E-state index contributed by atoms with van der Waals surface area (Å²) in [6.07, 6.45) is 6.85. The summed E-state index contributed by atoms with van der Waals surface area (Å²) in [7, 11) is -8.12. The zero-order chi connectivity index (χ0) is 25.4. The number of fused-ring (bicyclic) bond motifs is 1. The van der Waals surface area contributed by atoms with Crippen LogP contribution in [0.3, 0.4) is 0 Å². The van der Waals surface area contributed by atoms with E-state index in [2.05, 4.69) is 4.98 Å². The molecule has 13 heteroatoms. The molecule has 0 bridgehead atoms. The molecule has 0 saturated carbocycles. The Balaban J connectivity index is 1.38. The first-order valence-electron chi connectivity index (χ1n) is 10.7. The summed E-state index contributed by atoms with van der Waals surface area (Å²) in [4.78, 5) is 33.7. The Morgan fingerprint density at radius 3 is 2.14 bits per heavy atom. The van der Waals surface area contributed by atoms with Crippen LogP contribution in [0, 0.1) is 0 Å². The average molecular weight is 520 g/mol. The van der Waals surface area contributed by atoms with Crippen molar-refractivity contribution >= 4 is 43.1 Å². The summed E-state index contributed by atoms with van der Waals surface area (Å²) in [5.74, 6) is -0.298. The minimum Gasteiger partial charge on any atom is -0.336 e. The number of anilines is 1. The Morgan fingerprint density at radius 1 is 0.914 bits per heavy atom. The van der Waals surface area contributed by atoms with Gasteiger partial charge in [0.25, 0.3) is 5.91 Å². The second-order valence-electron chi connectivity index (χ2n) is 8.34. The van der Waals surface area contributed by atoms with Crippen molar-refractivity contribution < 1.29 is 26.4 Å². The fraction of sp³-hybridized carbons (Fsp3) is 0.318. The summed E-state index contributed by atoms with van der Waals surface area (Å²) in [6.45, 7) is 2.08. The molecular formula is C22H25N5O6S2. The van der Waals surface area contributed by atoms with Crippen molar-refractivity contribution in [3.05, 3.63) is 66.1 Å². The number of sulfonamides is 2. The number of carbonyl (C=O) groups excluding carboxylic acids is 2. The quantitative estimate of drug-likeness (QED) is 0.417. The molecule has 1 fully saturated rings. The van der Waals surface area contributed by atoms with E-state index in [1.807, 2.05) is 11.1 Å². The first-order valence-corrected chi connectivity index (χ1v) is 14.4. The van der Waals surface area contributed by atoms with E-state index in [0.29, 0.717) is 46.7 Å². The largest absolute Gasteiger partial charge is 0.336 e. The smallest absolute Gasteiger partial charge is 0.257 e. The number of imidazole rings is 1. The highest BCUT2D eigenvalue weighted by atomic mass is 32.3. The molecule has 186 valence electrons. The predicted octanol–water partition coefficient (Wildman–Crippen LogP) is 0.701. The van der Waals surface area contributed by atoms with Crippen LogP contribution in [0.5, 0.6) is 0 Å². The third-order valence-electron chi connectivity index (χ3n) is 5.68. The normalized spacial score (nSPS) is 15.3. The van der Waals surface area contributed by atoms with Gasteiger partial charge in [-0.05, 0) is 36.4 Å². The van der Waals surface area contributed by atoms with Gasteiger partial charge in [-0.3, -0.25) is 14.5 Å². The minimum absolute atomic E-state index is 0.0637. The number of rotatable bonds is 7. The molecule has 1 aromatic carbocycles. The van der Waals surface area contributed by atoms with E-state index in [9.17, 15) is 26.4 Å². The second kappa shape index (κ2) is 9.40. The van der Waals surface area contributed by atoms with Gasteiger partial charge in [-0.2, -0.15) is 3.71 Å². The lowest BCUT2D eigenvalue weighted by Gasteiger charge is -2.34. The van der Waals surface area contributed by atoms with Crippen LogP contribution in [-0.4, -0.2) is 92.9 Å². The highest BCUT2D eigenvalue weighted by Gasteiger charge is 2.28. The van der Waals surface area contributed by atoms with Crippen molar-refractivity contribution in [1.29, 1.82) is 0 Å². The number of carbonyl (C=O) groups is 2. The van der Waals surface area contributed by atoms with Crippen LogP contribution in [-0.2, 0) is 20.0 Å². The molecule has 0 N–H and O–H groups in total. The Kier molecular flexibility index (Phi) is 6.66. The van der Waals surface area contributed by atoms with Gasteiger partial charge in [0, 0.05) is 50.3 Å². The molecule has 0 unspecified atom stereocenters. The predicted molar refractivity (Wildman–Crippen MR) is 130 cm³/mol. The lowest BCUT2D eigenvalue weighted by atomic mass is 10.1. The molecule has 3 aromatic rings. The summed E-state index contributed by atoms with van der Waals surface area (Å²) < 4.78 is 49.8. The van der Waals surface area contributed by atoms with Gasteiger partial charge >= 0.3 is 0 Å². The van der Waals surface area contributed by atoms with Gasteiger partial charge in [-0.15, -0.1) is 0 Å². The van der Waals surface area contributed by atoms with E-state index in [1.165, 1.54) is 24.3 Å². The molecule has 1 aliphatic heterocycles. The minimum atomic E-state index is -4.06. The number of pyridine rings is 1.